The molecule has 46 heavy (non-hydrogen) atoms. The van der Waals surface area contributed by atoms with E-state index >= 15 is 0 Å². The van der Waals surface area contributed by atoms with Crippen molar-refractivity contribution in [2.24, 2.45) is 0 Å². The summed E-state index contributed by atoms with van der Waals surface area (Å²) in [5, 5.41) is 0.389. The summed E-state index contributed by atoms with van der Waals surface area (Å²) in [4.78, 5) is 34.4. The minimum Gasteiger partial charge on any atom is -0.303 e. The van der Waals surface area contributed by atoms with E-state index in [-0.39, 0.29) is 11.4 Å². The highest BCUT2D eigenvalue weighted by atomic mass is 32.2. The number of nitrogens with zero attached hydrogens (tertiary/aromatic N) is 4. The summed E-state index contributed by atoms with van der Waals surface area (Å²) in [6.45, 7) is 11.0. The van der Waals surface area contributed by atoms with E-state index in [2.05, 4.69) is 23.7 Å². The van der Waals surface area contributed by atoms with Crippen LogP contribution in [0.4, 0.5) is 17.6 Å². The van der Waals surface area contributed by atoms with Gasteiger partial charge in [0.25, 0.3) is 5.56 Å². The lowest BCUT2D eigenvalue weighted by Gasteiger charge is -2.34. The molecule has 0 aliphatic heterocycles. The quantitative estimate of drug-likeness (QED) is 0.0607. The van der Waals surface area contributed by atoms with E-state index in [1.807, 2.05) is 29.2 Å². The van der Waals surface area contributed by atoms with E-state index in [1.54, 1.807) is 30.5 Å². The van der Waals surface area contributed by atoms with Crippen molar-refractivity contribution < 1.29 is 22.4 Å². The Bertz CT molecular complexity index is 1650. The normalized spacial score (nSPS) is 12.6. The van der Waals surface area contributed by atoms with Crippen LogP contribution in [0.5, 0.6) is 0 Å². The predicted octanol–water partition coefficient (Wildman–Crippen LogP) is 7.52. The van der Waals surface area contributed by atoms with Gasteiger partial charge in [-0.2, -0.15) is 18.2 Å². The number of halogens is 4. The molecule has 3 aromatic carbocycles. The summed E-state index contributed by atoms with van der Waals surface area (Å²) in [6.07, 6.45) is -4.32. The van der Waals surface area contributed by atoms with Crippen LogP contribution in [0.2, 0.25) is 0 Å². The number of carbonyl (C=O) groups excluding carboxylic acids is 1. The molecule has 0 aliphatic rings. The van der Waals surface area contributed by atoms with Gasteiger partial charge >= 0.3 is 6.18 Å². The van der Waals surface area contributed by atoms with Gasteiger partial charge in [-0.05, 0) is 73.5 Å². The molecule has 0 spiro atoms. The van der Waals surface area contributed by atoms with Gasteiger partial charge in [0, 0.05) is 36.6 Å². The second kappa shape index (κ2) is 15.7. The molecule has 244 valence electrons. The summed E-state index contributed by atoms with van der Waals surface area (Å²) in [5.74, 6) is 0.0817. The van der Waals surface area contributed by atoms with E-state index in [9.17, 15) is 27.2 Å². The largest absolute Gasteiger partial charge is 0.416 e. The SMILES string of the molecule is CCN(CC)CCN(Cc1ccc(-c2ccc(C(F)(F)F)cc2)cc1)C(C=O)n1c(SCc2ccc(F)cc2)nc(=O)c(C)c1C. The van der Waals surface area contributed by atoms with E-state index in [0.717, 1.165) is 48.2 Å². The van der Waals surface area contributed by atoms with E-state index in [0.29, 0.717) is 47.4 Å². The van der Waals surface area contributed by atoms with Crippen LogP contribution >= 0.6 is 11.8 Å². The molecule has 0 bridgehead atoms. The number of aromatic nitrogens is 2. The van der Waals surface area contributed by atoms with Gasteiger partial charge in [0.15, 0.2) is 11.4 Å². The van der Waals surface area contributed by atoms with Crippen LogP contribution in [-0.2, 0) is 23.3 Å². The van der Waals surface area contributed by atoms with Gasteiger partial charge in [0.05, 0.1) is 5.56 Å². The number of hydrogen-bond acceptors (Lipinski definition) is 6. The Morgan fingerprint density at radius 2 is 1.43 bits per heavy atom. The molecule has 11 heteroatoms. The number of alkyl halides is 3. The number of aldehydes is 1. The third-order valence-corrected chi connectivity index (χ3v) is 9.18. The number of thioether (sulfide) groups is 1. The van der Waals surface area contributed by atoms with E-state index < -0.39 is 17.9 Å². The van der Waals surface area contributed by atoms with Crippen molar-refractivity contribution in [3.8, 4) is 11.1 Å². The Morgan fingerprint density at radius 1 is 0.870 bits per heavy atom. The fourth-order valence-corrected chi connectivity index (χ4v) is 6.18. The van der Waals surface area contributed by atoms with Crippen molar-refractivity contribution in [1.29, 1.82) is 0 Å². The van der Waals surface area contributed by atoms with Gasteiger partial charge in [0.2, 0.25) is 0 Å². The fourth-order valence-electron chi connectivity index (χ4n) is 5.16. The number of carbonyl (C=O) groups is 1. The lowest BCUT2D eigenvalue weighted by molar-refractivity contribution is -0.137. The van der Waals surface area contributed by atoms with Gasteiger partial charge in [-0.3, -0.25) is 14.5 Å². The first-order chi connectivity index (χ1) is 21.9. The maximum atomic E-state index is 13.5. The molecule has 0 aliphatic carbocycles. The molecule has 0 radical (unpaired) electrons. The average Bonchev–Trinajstić information content (AvgIpc) is 3.05. The third-order valence-electron chi connectivity index (χ3n) is 8.15. The predicted molar refractivity (Wildman–Crippen MR) is 174 cm³/mol. The Morgan fingerprint density at radius 3 is 1.98 bits per heavy atom. The average molecular weight is 655 g/mol. The van der Waals surface area contributed by atoms with Crippen molar-refractivity contribution in [1.82, 2.24) is 19.4 Å². The Kier molecular flexibility index (Phi) is 11.9. The summed E-state index contributed by atoms with van der Waals surface area (Å²) in [7, 11) is 0. The van der Waals surface area contributed by atoms with Crippen molar-refractivity contribution >= 4 is 18.0 Å². The molecule has 0 fully saturated rings. The third kappa shape index (κ3) is 8.71. The lowest BCUT2D eigenvalue weighted by atomic mass is 10.0. The summed E-state index contributed by atoms with van der Waals surface area (Å²) in [6, 6.07) is 18.7. The second-order valence-corrected chi connectivity index (χ2v) is 12.0. The minimum absolute atomic E-state index is 0.341. The van der Waals surface area contributed by atoms with Gasteiger partial charge in [0.1, 0.15) is 12.0 Å². The van der Waals surface area contributed by atoms with Crippen molar-refractivity contribution in [2.75, 3.05) is 26.2 Å². The summed E-state index contributed by atoms with van der Waals surface area (Å²) in [5.41, 5.74) is 3.20. The molecule has 6 nitrogen and oxygen atoms in total. The molecule has 0 amide bonds. The molecular formula is C35H38F4N4O2S. The monoisotopic (exact) mass is 654 g/mol. The lowest BCUT2D eigenvalue weighted by Crippen LogP contribution is -2.41. The van der Waals surface area contributed by atoms with Crippen LogP contribution in [0, 0.1) is 19.7 Å². The van der Waals surface area contributed by atoms with Crippen molar-refractivity contribution in [3.63, 3.8) is 0 Å². The van der Waals surface area contributed by atoms with Crippen LogP contribution in [-0.4, -0.2) is 51.8 Å². The van der Waals surface area contributed by atoms with Gasteiger partial charge in [-0.1, -0.05) is 74.1 Å². The second-order valence-electron chi connectivity index (χ2n) is 11.0. The molecule has 0 N–H and O–H groups in total. The summed E-state index contributed by atoms with van der Waals surface area (Å²) >= 11 is 1.31. The van der Waals surface area contributed by atoms with Gasteiger partial charge < -0.3 is 9.47 Å². The molecule has 1 heterocycles. The molecule has 0 saturated heterocycles. The van der Waals surface area contributed by atoms with Crippen LogP contribution in [0.3, 0.4) is 0 Å². The molecule has 1 aromatic heterocycles. The van der Waals surface area contributed by atoms with Crippen molar-refractivity contribution in [3.05, 3.63) is 117 Å². The highest BCUT2D eigenvalue weighted by Gasteiger charge is 2.30. The standard InChI is InChI=1S/C35H38F4N4O2S/c1-5-41(6-2)19-20-42(21-26-7-11-28(12-8-26)29-13-15-30(16-14-29)35(37,38)39)32(22-44)43-25(4)24(3)33(45)40-34(43)46-23-27-9-17-31(36)18-10-27/h7-18,22,32H,5-6,19-21,23H2,1-4H3. The highest BCUT2D eigenvalue weighted by molar-refractivity contribution is 7.98. The zero-order valence-corrected chi connectivity index (χ0v) is 27.2. The van der Waals surface area contributed by atoms with Crippen LogP contribution in [0.25, 0.3) is 11.1 Å². The molecule has 0 saturated carbocycles. The smallest absolute Gasteiger partial charge is 0.303 e. The molecule has 1 unspecified atom stereocenters. The molecular weight excluding hydrogens is 616 g/mol. The number of hydrogen-bond donors (Lipinski definition) is 0. The maximum Gasteiger partial charge on any atom is 0.416 e. The van der Waals surface area contributed by atoms with Crippen LogP contribution in [0.1, 0.15) is 48.0 Å². The van der Waals surface area contributed by atoms with Gasteiger partial charge in [-0.25, -0.2) is 4.39 Å². The Balaban J connectivity index is 1.66. The van der Waals surface area contributed by atoms with Crippen molar-refractivity contribution in [2.45, 2.75) is 57.5 Å². The first-order valence-corrected chi connectivity index (χ1v) is 16.1. The van der Waals surface area contributed by atoms with E-state index in [1.165, 1.54) is 36.0 Å². The molecule has 4 aromatic rings. The number of likely N-dealkylation sites (N-methyl/N-ethyl adjacent to an activating group) is 1. The highest BCUT2D eigenvalue weighted by Crippen LogP contribution is 2.32. The minimum atomic E-state index is -4.40. The zero-order chi connectivity index (χ0) is 33.4. The Hall–Kier alpha value is -3.80. The number of benzene rings is 3. The fraction of sp³-hybridized carbons (Fsp3) is 0.343. The van der Waals surface area contributed by atoms with Crippen LogP contribution in [0.15, 0.2) is 82.7 Å². The first-order valence-electron chi connectivity index (χ1n) is 15.1. The Labute approximate surface area is 271 Å². The van der Waals surface area contributed by atoms with Crippen LogP contribution < -0.4 is 5.56 Å². The molecule has 4 rings (SSSR count). The first kappa shape index (κ1) is 35.1. The van der Waals surface area contributed by atoms with Gasteiger partial charge in [-0.15, -0.1) is 0 Å². The van der Waals surface area contributed by atoms with E-state index in [4.69, 9.17) is 0 Å². The summed E-state index contributed by atoms with van der Waals surface area (Å²) < 4.78 is 54.4. The topological polar surface area (TPSA) is 58.4 Å². The zero-order valence-electron chi connectivity index (χ0n) is 26.4. The number of rotatable bonds is 14. The molecule has 1 atom stereocenters. The maximum absolute atomic E-state index is 13.5.